The fourth-order valence-corrected chi connectivity index (χ4v) is 4.97. The molecule has 9 nitrogen and oxygen atoms in total. The van der Waals surface area contributed by atoms with Crippen molar-refractivity contribution in [1.82, 2.24) is 16.2 Å². The lowest BCUT2D eigenvalue weighted by Crippen LogP contribution is -2.44. The van der Waals surface area contributed by atoms with E-state index in [4.69, 9.17) is 14.2 Å². The minimum atomic E-state index is -0.573. The maximum absolute atomic E-state index is 12.9. The first-order valence-corrected chi connectivity index (χ1v) is 13.9. The van der Waals surface area contributed by atoms with Crippen LogP contribution in [0.5, 0.6) is 17.2 Å². The third kappa shape index (κ3) is 10.8. The van der Waals surface area contributed by atoms with Crippen molar-refractivity contribution < 1.29 is 28.6 Å². The Hall–Kier alpha value is -2.97. The van der Waals surface area contributed by atoms with Gasteiger partial charge < -0.3 is 19.5 Å². The van der Waals surface area contributed by atoms with Crippen LogP contribution in [-0.2, 0) is 9.59 Å². The molecule has 0 aromatic heterocycles. The Balaban J connectivity index is 1.85. The molecule has 1 aliphatic rings. The quantitative estimate of drug-likeness (QED) is 0.382. The number of nitrogens with one attached hydrogen (secondary N) is 3. The Morgan fingerprint density at radius 3 is 1.68 bits per heavy atom. The summed E-state index contributed by atoms with van der Waals surface area (Å²) in [5.74, 6) is 0.0904. The molecule has 1 fully saturated rings. The van der Waals surface area contributed by atoms with Gasteiger partial charge in [0.1, 0.15) is 0 Å². The topological polar surface area (TPSA) is 115 Å². The summed E-state index contributed by atoms with van der Waals surface area (Å²) in [6, 6.07) is 3.20. The second-order valence-corrected chi connectivity index (χ2v) is 11.0. The van der Waals surface area contributed by atoms with E-state index in [1.807, 2.05) is 13.8 Å². The maximum Gasteiger partial charge on any atom is 0.269 e. The summed E-state index contributed by atoms with van der Waals surface area (Å²) in [5.41, 5.74) is 4.53. The summed E-state index contributed by atoms with van der Waals surface area (Å²) in [7, 11) is 4.40. The Morgan fingerprint density at radius 2 is 1.21 bits per heavy atom. The van der Waals surface area contributed by atoms with Crippen LogP contribution in [0.3, 0.4) is 0 Å². The molecule has 0 radical (unpaired) electrons. The third-order valence-corrected chi connectivity index (χ3v) is 6.99. The smallest absolute Gasteiger partial charge is 0.269 e. The summed E-state index contributed by atoms with van der Waals surface area (Å²) in [4.78, 5) is 38.1. The fourth-order valence-electron chi connectivity index (χ4n) is 4.97. The van der Waals surface area contributed by atoms with E-state index in [9.17, 15) is 14.4 Å². The highest BCUT2D eigenvalue weighted by Crippen LogP contribution is 2.38. The van der Waals surface area contributed by atoms with Crippen LogP contribution in [0.2, 0.25) is 0 Å². The van der Waals surface area contributed by atoms with Crippen LogP contribution in [0.4, 0.5) is 0 Å². The second-order valence-electron chi connectivity index (χ2n) is 11.0. The van der Waals surface area contributed by atoms with Crippen LogP contribution in [0.1, 0.15) is 108 Å². The van der Waals surface area contributed by atoms with Gasteiger partial charge in [0.15, 0.2) is 11.5 Å². The molecule has 1 aromatic carbocycles. The van der Waals surface area contributed by atoms with Crippen molar-refractivity contribution in [3.05, 3.63) is 17.7 Å². The van der Waals surface area contributed by atoms with Gasteiger partial charge in [0.2, 0.25) is 17.6 Å². The standard InChI is InChI=1S/C29H47N3O6/c1-29(2,19-25(33)30-22-15-13-11-9-7-6-8-10-12-14-16-22)20-26(34)31-32-28(35)21-17-23(36-3)27(38-5)24(18-21)37-4/h17-18,22H,6-16,19-20H2,1-5H3,(H,30,33)(H,31,34)(H,32,35). The van der Waals surface area contributed by atoms with Crippen molar-refractivity contribution >= 4 is 17.7 Å². The normalized spacial score (nSPS) is 15.8. The summed E-state index contributed by atoms with van der Waals surface area (Å²) in [5, 5.41) is 3.23. The van der Waals surface area contributed by atoms with E-state index in [0.29, 0.717) is 17.2 Å². The highest BCUT2D eigenvalue weighted by molar-refractivity contribution is 5.96. The van der Waals surface area contributed by atoms with E-state index in [-0.39, 0.29) is 36.3 Å². The number of benzene rings is 1. The molecule has 0 unspecified atom stereocenters. The third-order valence-electron chi connectivity index (χ3n) is 6.99. The summed E-state index contributed by atoms with van der Waals surface area (Å²) < 4.78 is 15.8. The lowest BCUT2D eigenvalue weighted by atomic mass is 9.85. The Bertz CT molecular complexity index is 881. The zero-order valence-electron chi connectivity index (χ0n) is 23.9. The molecule has 0 spiro atoms. The molecule has 1 aliphatic carbocycles. The predicted molar refractivity (Wildman–Crippen MR) is 147 cm³/mol. The molecule has 0 atom stereocenters. The van der Waals surface area contributed by atoms with Gasteiger partial charge in [-0.2, -0.15) is 0 Å². The molecule has 3 N–H and O–H groups in total. The van der Waals surface area contributed by atoms with Crippen molar-refractivity contribution in [2.75, 3.05) is 21.3 Å². The number of methoxy groups -OCH3 is 3. The molecule has 2 rings (SSSR count). The van der Waals surface area contributed by atoms with Gasteiger partial charge in [-0.3, -0.25) is 25.2 Å². The zero-order chi connectivity index (χ0) is 28.0. The first kappa shape index (κ1) is 31.2. The number of ether oxygens (including phenoxy) is 3. The summed E-state index contributed by atoms with van der Waals surface area (Å²) >= 11 is 0. The van der Waals surface area contributed by atoms with Gasteiger partial charge in [-0.1, -0.05) is 71.6 Å². The molecule has 0 heterocycles. The molecule has 9 heteroatoms. The van der Waals surface area contributed by atoms with Crippen molar-refractivity contribution in [2.24, 2.45) is 5.41 Å². The molecule has 214 valence electrons. The van der Waals surface area contributed by atoms with Crippen molar-refractivity contribution in [3.8, 4) is 17.2 Å². The number of hydrogen-bond donors (Lipinski definition) is 3. The van der Waals surface area contributed by atoms with Crippen LogP contribution in [0.25, 0.3) is 0 Å². The molecule has 38 heavy (non-hydrogen) atoms. The van der Waals surface area contributed by atoms with Gasteiger partial charge in [0, 0.05) is 24.4 Å². The van der Waals surface area contributed by atoms with E-state index in [2.05, 4.69) is 16.2 Å². The van der Waals surface area contributed by atoms with E-state index >= 15 is 0 Å². The second kappa shape index (κ2) is 16.1. The highest BCUT2D eigenvalue weighted by atomic mass is 16.5. The Morgan fingerprint density at radius 1 is 0.737 bits per heavy atom. The molecule has 0 aliphatic heterocycles. The van der Waals surface area contributed by atoms with Crippen LogP contribution in [-0.4, -0.2) is 45.1 Å². The van der Waals surface area contributed by atoms with E-state index in [1.54, 1.807) is 0 Å². The lowest BCUT2D eigenvalue weighted by Gasteiger charge is -2.26. The number of carbonyl (C=O) groups excluding carboxylic acids is 3. The lowest BCUT2D eigenvalue weighted by molar-refractivity contribution is -0.126. The molecular weight excluding hydrogens is 486 g/mol. The SMILES string of the molecule is COc1cc(C(=O)NNC(=O)CC(C)(C)CC(=O)NC2CCCCCCCCCCC2)cc(OC)c1OC. The van der Waals surface area contributed by atoms with Gasteiger partial charge in [-0.15, -0.1) is 0 Å². The van der Waals surface area contributed by atoms with Gasteiger partial charge in [0.25, 0.3) is 5.91 Å². The number of amides is 3. The van der Waals surface area contributed by atoms with Crippen LogP contribution < -0.4 is 30.4 Å². The first-order chi connectivity index (χ1) is 18.2. The summed E-state index contributed by atoms with van der Waals surface area (Å²) in [6.45, 7) is 3.77. The molecule has 0 saturated heterocycles. The molecule has 1 saturated carbocycles. The number of rotatable bonds is 9. The molecule has 3 amide bonds. The van der Waals surface area contributed by atoms with Gasteiger partial charge in [0.05, 0.1) is 21.3 Å². The van der Waals surface area contributed by atoms with Gasteiger partial charge >= 0.3 is 0 Å². The van der Waals surface area contributed by atoms with Crippen LogP contribution in [0, 0.1) is 5.41 Å². The number of carbonyl (C=O) groups is 3. The van der Waals surface area contributed by atoms with Crippen molar-refractivity contribution in [2.45, 2.75) is 103 Å². The summed E-state index contributed by atoms with van der Waals surface area (Å²) in [6.07, 6.45) is 13.6. The van der Waals surface area contributed by atoms with E-state index < -0.39 is 11.3 Å². The zero-order valence-corrected chi connectivity index (χ0v) is 23.9. The highest BCUT2D eigenvalue weighted by Gasteiger charge is 2.27. The van der Waals surface area contributed by atoms with Gasteiger partial charge in [-0.25, -0.2) is 0 Å². The minimum Gasteiger partial charge on any atom is -0.493 e. The van der Waals surface area contributed by atoms with E-state index in [1.165, 1.54) is 78.4 Å². The van der Waals surface area contributed by atoms with Crippen molar-refractivity contribution in [1.29, 1.82) is 0 Å². The number of hydrazine groups is 1. The van der Waals surface area contributed by atoms with Crippen LogP contribution >= 0.6 is 0 Å². The van der Waals surface area contributed by atoms with Crippen molar-refractivity contribution in [3.63, 3.8) is 0 Å². The fraction of sp³-hybridized carbons (Fsp3) is 0.690. The van der Waals surface area contributed by atoms with Crippen LogP contribution in [0.15, 0.2) is 12.1 Å². The molecule has 1 aromatic rings. The van der Waals surface area contributed by atoms with Gasteiger partial charge in [-0.05, 0) is 30.4 Å². The Labute approximate surface area is 227 Å². The first-order valence-electron chi connectivity index (χ1n) is 13.9. The minimum absolute atomic E-state index is 0.0265. The Kier molecular flexibility index (Phi) is 13.2. The van der Waals surface area contributed by atoms with E-state index in [0.717, 1.165) is 25.7 Å². The monoisotopic (exact) mass is 533 g/mol. The maximum atomic E-state index is 12.9. The average Bonchev–Trinajstić information content (AvgIpc) is 2.87. The molecule has 0 bridgehead atoms. The average molecular weight is 534 g/mol. The number of hydrogen-bond acceptors (Lipinski definition) is 6. The predicted octanol–water partition coefficient (Wildman–Crippen LogP) is 5.07. The molecular formula is C29H47N3O6. The largest absolute Gasteiger partial charge is 0.493 e.